The Bertz CT molecular complexity index is 1170. The Morgan fingerprint density at radius 2 is 2.11 bits per heavy atom. The van der Waals surface area contributed by atoms with Crippen molar-refractivity contribution < 1.29 is 9.21 Å². The number of fused-ring (bicyclic) bond motifs is 3. The van der Waals surface area contributed by atoms with Crippen molar-refractivity contribution in [3.8, 4) is 0 Å². The minimum absolute atomic E-state index is 0.229. The van der Waals surface area contributed by atoms with Crippen LogP contribution in [-0.4, -0.2) is 15.7 Å². The largest absolute Gasteiger partial charge is 0.467 e. The van der Waals surface area contributed by atoms with Crippen LogP contribution in [0, 0.1) is 6.92 Å². The maximum absolute atomic E-state index is 13.2. The number of hydrogen-bond acceptors (Lipinski definition) is 5. The number of aromatic nitrogens is 2. The van der Waals surface area contributed by atoms with E-state index >= 15 is 0 Å². The SMILES string of the molecule is CC[C@@H](C(=O)NCc1ccco1)n1nc(C)c2sc3ccccc3c2c1=O. The summed E-state index contributed by atoms with van der Waals surface area (Å²) in [6.07, 6.45) is 2.02. The van der Waals surface area contributed by atoms with E-state index in [-0.39, 0.29) is 18.0 Å². The molecule has 4 rings (SSSR count). The predicted octanol–water partition coefficient (Wildman–Crippen LogP) is 3.78. The third-order valence-electron chi connectivity index (χ3n) is 4.61. The fraction of sp³-hybridized carbons (Fsp3) is 0.250. The molecule has 0 fully saturated rings. The van der Waals surface area contributed by atoms with Crippen LogP contribution in [0.15, 0.2) is 51.9 Å². The summed E-state index contributed by atoms with van der Waals surface area (Å²) in [6.45, 7) is 4.03. The van der Waals surface area contributed by atoms with Crippen LogP contribution in [-0.2, 0) is 11.3 Å². The van der Waals surface area contributed by atoms with Crippen LogP contribution in [0.4, 0.5) is 0 Å². The Kier molecular flexibility index (Phi) is 4.53. The molecule has 7 heteroatoms. The molecule has 0 saturated heterocycles. The third-order valence-corrected chi connectivity index (χ3v) is 5.88. The second kappa shape index (κ2) is 7.00. The molecule has 1 aromatic carbocycles. The highest BCUT2D eigenvalue weighted by atomic mass is 32.1. The summed E-state index contributed by atoms with van der Waals surface area (Å²) >= 11 is 1.56. The minimum atomic E-state index is -0.672. The van der Waals surface area contributed by atoms with Gasteiger partial charge in [0.15, 0.2) is 0 Å². The van der Waals surface area contributed by atoms with Crippen molar-refractivity contribution in [1.82, 2.24) is 15.1 Å². The molecule has 0 aliphatic heterocycles. The van der Waals surface area contributed by atoms with E-state index in [4.69, 9.17) is 4.42 Å². The highest BCUT2D eigenvalue weighted by Gasteiger charge is 2.24. The molecule has 1 N–H and O–H groups in total. The lowest BCUT2D eigenvalue weighted by atomic mass is 10.1. The molecule has 1 amide bonds. The van der Waals surface area contributed by atoms with Gasteiger partial charge in [-0.05, 0) is 31.5 Å². The summed E-state index contributed by atoms with van der Waals surface area (Å²) in [7, 11) is 0. The summed E-state index contributed by atoms with van der Waals surface area (Å²) in [6, 6.07) is 10.7. The maximum atomic E-state index is 13.2. The van der Waals surface area contributed by atoms with E-state index in [9.17, 15) is 9.59 Å². The number of nitrogens with one attached hydrogen (secondary N) is 1. The number of thiophene rings is 1. The number of aryl methyl sites for hydroxylation is 1. The minimum Gasteiger partial charge on any atom is -0.467 e. The van der Waals surface area contributed by atoms with Crippen LogP contribution >= 0.6 is 11.3 Å². The molecular formula is C20H19N3O3S. The molecule has 0 unspecified atom stereocenters. The van der Waals surface area contributed by atoms with Gasteiger partial charge in [-0.15, -0.1) is 11.3 Å². The molecular weight excluding hydrogens is 362 g/mol. The van der Waals surface area contributed by atoms with E-state index in [0.717, 1.165) is 20.5 Å². The normalized spacial score (nSPS) is 12.5. The Morgan fingerprint density at radius 1 is 1.30 bits per heavy atom. The Hall–Kier alpha value is -2.93. The molecule has 6 nitrogen and oxygen atoms in total. The highest BCUT2D eigenvalue weighted by Crippen LogP contribution is 2.33. The number of amides is 1. The smallest absolute Gasteiger partial charge is 0.276 e. The molecule has 0 saturated carbocycles. The van der Waals surface area contributed by atoms with Gasteiger partial charge in [0.1, 0.15) is 11.8 Å². The first-order valence-corrected chi connectivity index (χ1v) is 9.62. The first-order chi connectivity index (χ1) is 13.1. The quantitative estimate of drug-likeness (QED) is 0.571. The average molecular weight is 381 g/mol. The monoisotopic (exact) mass is 381 g/mol. The zero-order valence-electron chi connectivity index (χ0n) is 15.1. The molecule has 138 valence electrons. The maximum Gasteiger partial charge on any atom is 0.276 e. The molecule has 27 heavy (non-hydrogen) atoms. The van der Waals surface area contributed by atoms with Crippen LogP contribution in [0.1, 0.15) is 30.8 Å². The second-order valence-corrected chi connectivity index (χ2v) is 7.41. The van der Waals surface area contributed by atoms with Gasteiger partial charge in [0.25, 0.3) is 5.56 Å². The first-order valence-electron chi connectivity index (χ1n) is 8.81. The molecule has 0 aliphatic rings. The number of carbonyl (C=O) groups excluding carboxylic acids is 1. The standard InChI is InChI=1S/C20H19N3O3S/c1-3-15(19(24)21-11-13-7-6-10-26-13)23-20(25)17-14-8-4-5-9-16(14)27-18(17)12(2)22-23/h4-10,15H,3,11H2,1-2H3,(H,21,24)/t15-/m0/s1. The van der Waals surface area contributed by atoms with Gasteiger partial charge < -0.3 is 9.73 Å². The Morgan fingerprint density at radius 3 is 2.85 bits per heavy atom. The van der Waals surface area contributed by atoms with Crippen LogP contribution in [0.25, 0.3) is 20.2 Å². The lowest BCUT2D eigenvalue weighted by Gasteiger charge is -2.17. The van der Waals surface area contributed by atoms with Gasteiger partial charge in [0, 0.05) is 10.1 Å². The van der Waals surface area contributed by atoms with Gasteiger partial charge in [-0.1, -0.05) is 25.1 Å². The predicted molar refractivity (Wildman–Crippen MR) is 106 cm³/mol. The number of rotatable bonds is 5. The van der Waals surface area contributed by atoms with Crippen molar-refractivity contribution in [2.75, 3.05) is 0 Å². The summed E-state index contributed by atoms with van der Waals surface area (Å²) in [5.41, 5.74) is 0.524. The molecule has 0 spiro atoms. The molecule has 0 radical (unpaired) electrons. The zero-order valence-corrected chi connectivity index (χ0v) is 15.9. The summed E-state index contributed by atoms with van der Waals surface area (Å²) in [5, 5.41) is 8.84. The first kappa shape index (κ1) is 17.5. The molecule has 4 aromatic rings. The van der Waals surface area contributed by atoms with Crippen LogP contribution in [0.5, 0.6) is 0 Å². The third kappa shape index (κ3) is 3.04. The fourth-order valence-electron chi connectivity index (χ4n) is 3.27. The van der Waals surface area contributed by atoms with E-state index in [1.807, 2.05) is 38.1 Å². The van der Waals surface area contributed by atoms with Gasteiger partial charge in [-0.3, -0.25) is 9.59 Å². The van der Waals surface area contributed by atoms with Gasteiger partial charge in [-0.25, -0.2) is 4.68 Å². The van der Waals surface area contributed by atoms with E-state index in [1.165, 1.54) is 4.68 Å². The number of hydrogen-bond donors (Lipinski definition) is 1. The summed E-state index contributed by atoms with van der Waals surface area (Å²) in [4.78, 5) is 25.9. The van der Waals surface area contributed by atoms with E-state index < -0.39 is 6.04 Å². The van der Waals surface area contributed by atoms with Crippen LogP contribution < -0.4 is 10.9 Å². The topological polar surface area (TPSA) is 77.1 Å². The zero-order chi connectivity index (χ0) is 19.0. The Balaban J connectivity index is 1.77. The van der Waals surface area contributed by atoms with E-state index in [2.05, 4.69) is 10.4 Å². The molecule has 1 atom stereocenters. The molecule has 0 bridgehead atoms. The van der Waals surface area contributed by atoms with Gasteiger partial charge in [0.2, 0.25) is 5.91 Å². The Labute approximate surface area is 159 Å². The van der Waals surface area contributed by atoms with Crippen molar-refractivity contribution >= 4 is 37.4 Å². The number of carbonyl (C=O) groups is 1. The van der Waals surface area contributed by atoms with Crippen LogP contribution in [0.3, 0.4) is 0 Å². The fourth-order valence-corrected chi connectivity index (χ4v) is 4.40. The van der Waals surface area contributed by atoms with Crippen molar-refractivity contribution in [2.24, 2.45) is 0 Å². The van der Waals surface area contributed by atoms with E-state index in [0.29, 0.717) is 17.6 Å². The van der Waals surface area contributed by atoms with Gasteiger partial charge in [-0.2, -0.15) is 5.10 Å². The highest BCUT2D eigenvalue weighted by molar-refractivity contribution is 7.26. The van der Waals surface area contributed by atoms with Crippen molar-refractivity contribution in [3.63, 3.8) is 0 Å². The van der Waals surface area contributed by atoms with E-state index in [1.54, 1.807) is 29.7 Å². The number of benzene rings is 1. The van der Waals surface area contributed by atoms with Crippen molar-refractivity contribution in [2.45, 2.75) is 32.9 Å². The number of furan rings is 1. The summed E-state index contributed by atoms with van der Waals surface area (Å²) in [5.74, 6) is 0.413. The van der Waals surface area contributed by atoms with Crippen molar-refractivity contribution in [3.05, 3.63) is 64.5 Å². The number of nitrogens with zero attached hydrogens (tertiary/aromatic N) is 2. The van der Waals surface area contributed by atoms with Gasteiger partial charge in [0.05, 0.1) is 28.6 Å². The lowest BCUT2D eigenvalue weighted by Crippen LogP contribution is -2.38. The van der Waals surface area contributed by atoms with Crippen molar-refractivity contribution in [1.29, 1.82) is 0 Å². The average Bonchev–Trinajstić information content (AvgIpc) is 3.32. The summed E-state index contributed by atoms with van der Waals surface area (Å²) < 4.78 is 8.49. The van der Waals surface area contributed by atoms with Gasteiger partial charge >= 0.3 is 0 Å². The second-order valence-electron chi connectivity index (χ2n) is 6.36. The molecule has 3 heterocycles. The molecule has 3 aromatic heterocycles. The van der Waals surface area contributed by atoms with Crippen LogP contribution in [0.2, 0.25) is 0 Å². The molecule has 0 aliphatic carbocycles. The lowest BCUT2D eigenvalue weighted by molar-refractivity contribution is -0.125.